The van der Waals surface area contributed by atoms with E-state index < -0.39 is 10.2 Å². The minimum absolute atomic E-state index is 0.0459. The number of nitrogens with zero attached hydrogens (tertiary/aromatic N) is 2. The number of hydrogen-bond donors (Lipinski definition) is 1. The van der Waals surface area contributed by atoms with Crippen molar-refractivity contribution in [3.8, 4) is 5.75 Å². The lowest BCUT2D eigenvalue weighted by Gasteiger charge is -2.32. The number of piperidine rings is 1. The van der Waals surface area contributed by atoms with E-state index in [1.807, 2.05) is 0 Å². The Labute approximate surface area is 147 Å². The van der Waals surface area contributed by atoms with Crippen LogP contribution in [-0.2, 0) is 15.0 Å². The van der Waals surface area contributed by atoms with Gasteiger partial charge in [-0.1, -0.05) is 11.6 Å². The number of carbonyl (C=O) groups excluding carboxylic acids is 1. The summed E-state index contributed by atoms with van der Waals surface area (Å²) in [6.07, 6.45) is 1.17. The molecule has 0 radical (unpaired) electrons. The largest absolute Gasteiger partial charge is 0.484 e. The van der Waals surface area contributed by atoms with Crippen LogP contribution < -0.4 is 9.46 Å². The topological polar surface area (TPSA) is 79.0 Å². The zero-order valence-corrected chi connectivity index (χ0v) is 15.3. The summed E-state index contributed by atoms with van der Waals surface area (Å²) in [5.41, 5.74) is 0. The highest BCUT2D eigenvalue weighted by Gasteiger charge is 2.26. The summed E-state index contributed by atoms with van der Waals surface area (Å²) >= 11 is 5.79. The lowest BCUT2D eigenvalue weighted by molar-refractivity contribution is -0.134. The summed E-state index contributed by atoms with van der Waals surface area (Å²) < 4.78 is 32.8. The number of hydrogen-bond acceptors (Lipinski definition) is 4. The van der Waals surface area contributed by atoms with Crippen molar-refractivity contribution >= 4 is 27.7 Å². The molecule has 0 unspecified atom stereocenters. The van der Waals surface area contributed by atoms with Crippen LogP contribution in [0.1, 0.15) is 12.8 Å². The van der Waals surface area contributed by atoms with Crippen LogP contribution >= 0.6 is 11.6 Å². The summed E-state index contributed by atoms with van der Waals surface area (Å²) in [7, 11) is -0.478. The maximum Gasteiger partial charge on any atom is 0.279 e. The third-order valence-electron chi connectivity index (χ3n) is 3.82. The zero-order valence-electron chi connectivity index (χ0n) is 13.7. The number of likely N-dealkylation sites (tertiary alicyclic amines) is 1. The molecule has 1 aromatic carbocycles. The van der Waals surface area contributed by atoms with Gasteiger partial charge in [-0.15, -0.1) is 0 Å². The van der Waals surface area contributed by atoms with E-state index in [-0.39, 0.29) is 18.6 Å². The van der Waals surface area contributed by atoms with Crippen molar-refractivity contribution in [1.82, 2.24) is 13.9 Å². The van der Waals surface area contributed by atoms with Crippen molar-refractivity contribution in [2.75, 3.05) is 33.8 Å². The highest BCUT2D eigenvalue weighted by Crippen LogP contribution is 2.16. The first-order chi connectivity index (χ1) is 11.3. The van der Waals surface area contributed by atoms with Gasteiger partial charge in [-0.25, -0.2) is 0 Å². The summed E-state index contributed by atoms with van der Waals surface area (Å²) in [6.45, 7) is 0.961. The normalized spacial score (nSPS) is 16.4. The third-order valence-corrected chi connectivity index (χ3v) is 5.66. The van der Waals surface area contributed by atoms with E-state index in [0.717, 1.165) is 4.31 Å². The maximum atomic E-state index is 12.2. The van der Waals surface area contributed by atoms with Crippen LogP contribution in [0, 0.1) is 0 Å². The van der Waals surface area contributed by atoms with Gasteiger partial charge in [-0.2, -0.15) is 17.4 Å². The molecule has 0 atom stereocenters. The van der Waals surface area contributed by atoms with E-state index in [2.05, 4.69) is 4.72 Å². The molecule has 0 spiro atoms. The van der Waals surface area contributed by atoms with Gasteiger partial charge in [0.1, 0.15) is 5.75 Å². The van der Waals surface area contributed by atoms with E-state index in [4.69, 9.17) is 16.3 Å². The number of benzene rings is 1. The molecule has 24 heavy (non-hydrogen) atoms. The predicted molar refractivity (Wildman–Crippen MR) is 92.3 cm³/mol. The van der Waals surface area contributed by atoms with Gasteiger partial charge in [0, 0.05) is 38.2 Å². The zero-order chi connectivity index (χ0) is 17.7. The second-order valence-corrected chi connectivity index (χ2v) is 8.16. The van der Waals surface area contributed by atoms with Crippen LogP contribution in [-0.4, -0.2) is 63.4 Å². The molecule has 1 saturated heterocycles. The molecule has 0 bridgehead atoms. The SMILES string of the molecule is CN(C)S(=O)(=O)NC1CCN(C(=O)COc2ccc(Cl)cc2)CC1. The van der Waals surface area contributed by atoms with Crippen LogP contribution in [0.3, 0.4) is 0 Å². The van der Waals surface area contributed by atoms with Crippen LogP contribution in [0.5, 0.6) is 5.75 Å². The van der Waals surface area contributed by atoms with E-state index in [0.29, 0.717) is 36.7 Å². The van der Waals surface area contributed by atoms with E-state index in [1.54, 1.807) is 29.2 Å². The summed E-state index contributed by atoms with van der Waals surface area (Å²) in [6, 6.07) is 6.65. The van der Waals surface area contributed by atoms with Crippen molar-refractivity contribution in [2.24, 2.45) is 0 Å². The van der Waals surface area contributed by atoms with E-state index in [1.165, 1.54) is 14.1 Å². The molecule has 7 nitrogen and oxygen atoms in total. The third kappa shape index (κ3) is 5.34. The second kappa shape index (κ2) is 8.15. The number of nitrogens with one attached hydrogen (secondary N) is 1. The molecule has 0 aliphatic carbocycles. The Morgan fingerprint density at radius 2 is 1.88 bits per heavy atom. The highest BCUT2D eigenvalue weighted by atomic mass is 35.5. The number of rotatable bonds is 6. The monoisotopic (exact) mass is 375 g/mol. The fourth-order valence-electron chi connectivity index (χ4n) is 2.33. The molecule has 1 fully saturated rings. The van der Waals surface area contributed by atoms with Crippen LogP contribution in [0.15, 0.2) is 24.3 Å². The number of amides is 1. The summed E-state index contributed by atoms with van der Waals surface area (Å²) in [5, 5.41) is 0.607. The molecule has 9 heteroatoms. The fourth-order valence-corrected chi connectivity index (χ4v) is 3.32. The quantitative estimate of drug-likeness (QED) is 0.807. The first-order valence-corrected chi connectivity index (χ1v) is 9.45. The minimum atomic E-state index is -3.44. The van der Waals surface area contributed by atoms with Crippen LogP contribution in [0.2, 0.25) is 5.02 Å². The molecule has 1 aliphatic heterocycles. The molecule has 2 rings (SSSR count). The van der Waals surface area contributed by atoms with Gasteiger partial charge in [0.15, 0.2) is 6.61 Å². The molecule has 1 heterocycles. The van der Waals surface area contributed by atoms with Gasteiger partial charge in [0.2, 0.25) is 0 Å². The van der Waals surface area contributed by atoms with Crippen LogP contribution in [0.4, 0.5) is 0 Å². The van der Waals surface area contributed by atoms with Crippen molar-refractivity contribution in [3.63, 3.8) is 0 Å². The molecular formula is C15H22ClN3O4S. The standard InChI is InChI=1S/C15H22ClN3O4S/c1-18(2)24(21,22)17-13-7-9-19(10-8-13)15(20)11-23-14-5-3-12(16)4-6-14/h3-6,13,17H,7-11H2,1-2H3. The summed E-state index contributed by atoms with van der Waals surface area (Å²) in [4.78, 5) is 13.9. The predicted octanol–water partition coefficient (Wildman–Crippen LogP) is 1.11. The fraction of sp³-hybridized carbons (Fsp3) is 0.533. The molecule has 1 N–H and O–H groups in total. The first-order valence-electron chi connectivity index (χ1n) is 7.64. The van der Waals surface area contributed by atoms with Gasteiger partial charge < -0.3 is 9.64 Å². The molecule has 1 aliphatic rings. The van der Waals surface area contributed by atoms with Gasteiger partial charge in [-0.05, 0) is 37.1 Å². The van der Waals surface area contributed by atoms with E-state index in [9.17, 15) is 13.2 Å². The number of ether oxygens (including phenoxy) is 1. The number of carbonyl (C=O) groups is 1. The molecule has 1 amide bonds. The molecule has 0 aromatic heterocycles. The lowest BCUT2D eigenvalue weighted by Crippen LogP contribution is -2.49. The number of halogens is 1. The molecular weight excluding hydrogens is 354 g/mol. The summed E-state index contributed by atoms with van der Waals surface area (Å²) in [5.74, 6) is 0.472. The minimum Gasteiger partial charge on any atom is -0.484 e. The average molecular weight is 376 g/mol. The van der Waals surface area contributed by atoms with Crippen LogP contribution in [0.25, 0.3) is 0 Å². The van der Waals surface area contributed by atoms with Gasteiger partial charge in [-0.3, -0.25) is 4.79 Å². The van der Waals surface area contributed by atoms with Gasteiger partial charge in [0.05, 0.1) is 0 Å². The Hall–Kier alpha value is -1.35. The highest BCUT2D eigenvalue weighted by molar-refractivity contribution is 7.87. The maximum absolute atomic E-state index is 12.2. The Kier molecular flexibility index (Phi) is 6.45. The van der Waals surface area contributed by atoms with Crippen molar-refractivity contribution in [2.45, 2.75) is 18.9 Å². The van der Waals surface area contributed by atoms with E-state index >= 15 is 0 Å². The van der Waals surface area contributed by atoms with Crippen molar-refractivity contribution in [1.29, 1.82) is 0 Å². The van der Waals surface area contributed by atoms with Gasteiger partial charge in [0.25, 0.3) is 16.1 Å². The Bertz CT molecular complexity index is 656. The van der Waals surface area contributed by atoms with Gasteiger partial charge >= 0.3 is 0 Å². The Morgan fingerprint density at radius 1 is 1.29 bits per heavy atom. The Morgan fingerprint density at radius 3 is 2.42 bits per heavy atom. The average Bonchev–Trinajstić information content (AvgIpc) is 2.54. The Balaban J connectivity index is 1.77. The first kappa shape index (κ1) is 19.0. The second-order valence-electron chi connectivity index (χ2n) is 5.80. The van der Waals surface area contributed by atoms with Crippen molar-refractivity contribution in [3.05, 3.63) is 29.3 Å². The van der Waals surface area contributed by atoms with Crippen molar-refractivity contribution < 1.29 is 17.9 Å². The molecule has 0 saturated carbocycles. The molecule has 1 aromatic rings. The molecule has 134 valence electrons. The lowest BCUT2D eigenvalue weighted by atomic mass is 10.1. The smallest absolute Gasteiger partial charge is 0.279 e.